The Morgan fingerprint density at radius 2 is 1.95 bits per heavy atom. The smallest absolute Gasteiger partial charge is 0.309 e. The summed E-state index contributed by atoms with van der Waals surface area (Å²) in [4.78, 5) is 16.6. The molecule has 39 heavy (non-hydrogen) atoms. The van der Waals surface area contributed by atoms with Gasteiger partial charge in [0.25, 0.3) is 0 Å². The Bertz CT molecular complexity index is 1350. The first kappa shape index (κ1) is 29.1. The van der Waals surface area contributed by atoms with Crippen LogP contribution >= 0.6 is 23.2 Å². The van der Waals surface area contributed by atoms with Crippen molar-refractivity contribution in [2.75, 3.05) is 5.73 Å². The van der Waals surface area contributed by atoms with E-state index in [2.05, 4.69) is 10.1 Å². The SMILES string of the molecule is CC(Oc1cc(-c2cnn(CC3(O)CCC(C(=O)OC(C)(C)C)CC3)c2)cnc1N)c1c(Cl)ccc(F)c1Cl. The van der Waals surface area contributed by atoms with Crippen molar-refractivity contribution in [1.29, 1.82) is 0 Å². The Balaban J connectivity index is 1.44. The number of carbonyl (C=O) groups excluding carboxylic acids is 1. The summed E-state index contributed by atoms with van der Waals surface area (Å²) in [7, 11) is 0. The molecule has 1 fully saturated rings. The molecule has 0 radical (unpaired) electrons. The molecule has 0 aliphatic heterocycles. The number of aliphatic hydroxyl groups is 1. The molecular weight excluding hydrogens is 546 g/mol. The van der Waals surface area contributed by atoms with Crippen LogP contribution in [0, 0.1) is 11.7 Å². The number of ether oxygens (including phenoxy) is 2. The van der Waals surface area contributed by atoms with Crippen molar-refractivity contribution in [2.24, 2.45) is 5.92 Å². The molecule has 0 spiro atoms. The minimum Gasteiger partial charge on any atom is -0.482 e. The summed E-state index contributed by atoms with van der Waals surface area (Å²) in [6.45, 7) is 7.52. The van der Waals surface area contributed by atoms with Crippen molar-refractivity contribution in [3.63, 3.8) is 0 Å². The van der Waals surface area contributed by atoms with Gasteiger partial charge in [-0.3, -0.25) is 9.48 Å². The molecular formula is C28H33Cl2FN4O4. The summed E-state index contributed by atoms with van der Waals surface area (Å²) < 4.78 is 27.2. The first-order valence-corrected chi connectivity index (χ1v) is 13.5. The maximum atomic E-state index is 14.0. The topological polar surface area (TPSA) is 112 Å². The summed E-state index contributed by atoms with van der Waals surface area (Å²) >= 11 is 12.4. The number of carbonyl (C=O) groups is 1. The fraction of sp³-hybridized carbons (Fsp3) is 0.464. The summed E-state index contributed by atoms with van der Waals surface area (Å²) in [5.41, 5.74) is 6.28. The van der Waals surface area contributed by atoms with Crippen molar-refractivity contribution in [3.05, 3.63) is 58.2 Å². The van der Waals surface area contributed by atoms with Crippen LogP contribution in [0.15, 0.2) is 36.8 Å². The third kappa shape index (κ3) is 7.01. The molecule has 1 aliphatic carbocycles. The minimum absolute atomic E-state index is 0.114. The van der Waals surface area contributed by atoms with Gasteiger partial charge in [0, 0.05) is 34.1 Å². The summed E-state index contributed by atoms with van der Waals surface area (Å²) in [6.07, 6.45) is 6.41. The van der Waals surface area contributed by atoms with Crippen molar-refractivity contribution in [3.8, 4) is 16.9 Å². The summed E-state index contributed by atoms with van der Waals surface area (Å²) in [5, 5.41) is 15.8. The van der Waals surface area contributed by atoms with Crippen molar-refractivity contribution >= 4 is 35.0 Å². The molecule has 3 N–H and O–H groups in total. The molecule has 0 amide bonds. The number of rotatable bonds is 7. The van der Waals surface area contributed by atoms with Crippen molar-refractivity contribution < 1.29 is 23.8 Å². The van der Waals surface area contributed by atoms with Crippen LogP contribution in [0.1, 0.15) is 65.0 Å². The lowest BCUT2D eigenvalue weighted by Gasteiger charge is -2.35. The predicted molar refractivity (Wildman–Crippen MR) is 148 cm³/mol. The molecule has 2 aromatic heterocycles. The Labute approximate surface area is 237 Å². The molecule has 1 aromatic carbocycles. The minimum atomic E-state index is -0.978. The van der Waals surface area contributed by atoms with Crippen LogP contribution in [-0.4, -0.2) is 37.0 Å². The largest absolute Gasteiger partial charge is 0.482 e. The third-order valence-electron chi connectivity index (χ3n) is 6.75. The molecule has 11 heteroatoms. The van der Waals surface area contributed by atoms with Gasteiger partial charge in [0.15, 0.2) is 11.6 Å². The molecule has 8 nitrogen and oxygen atoms in total. The maximum absolute atomic E-state index is 14.0. The average molecular weight is 580 g/mol. The first-order valence-electron chi connectivity index (χ1n) is 12.8. The second kappa shape index (κ2) is 11.3. The highest BCUT2D eigenvalue weighted by molar-refractivity contribution is 6.36. The van der Waals surface area contributed by atoms with E-state index < -0.39 is 23.1 Å². The predicted octanol–water partition coefficient (Wildman–Crippen LogP) is 6.38. The summed E-state index contributed by atoms with van der Waals surface area (Å²) in [5.74, 6) is -0.591. The van der Waals surface area contributed by atoms with E-state index in [0.717, 1.165) is 5.56 Å². The molecule has 0 bridgehead atoms. The number of pyridine rings is 1. The monoisotopic (exact) mass is 578 g/mol. The number of hydrogen-bond acceptors (Lipinski definition) is 7. The standard InChI is InChI=1S/C28H33Cl2FN4O4/c1-16(23-20(29)5-6-21(31)24(23)30)38-22-11-18(12-33-25(22)32)19-13-34-35(14-19)15-28(37)9-7-17(8-10-28)26(36)39-27(2,3)4/h5-6,11-14,16-17,37H,7-10,15H2,1-4H3,(H2,32,33). The zero-order valence-corrected chi connectivity index (χ0v) is 23.9. The highest BCUT2D eigenvalue weighted by Crippen LogP contribution is 2.38. The van der Waals surface area contributed by atoms with E-state index in [9.17, 15) is 14.3 Å². The Hall–Kier alpha value is -2.88. The van der Waals surface area contributed by atoms with Crippen LogP contribution in [0.3, 0.4) is 0 Å². The third-order valence-corrected chi connectivity index (χ3v) is 7.46. The van der Waals surface area contributed by atoms with Crippen molar-refractivity contribution in [2.45, 2.75) is 77.2 Å². The van der Waals surface area contributed by atoms with E-state index in [1.165, 1.54) is 12.1 Å². The van der Waals surface area contributed by atoms with Crippen LogP contribution in [0.2, 0.25) is 10.0 Å². The maximum Gasteiger partial charge on any atom is 0.309 e. The van der Waals surface area contributed by atoms with E-state index in [1.54, 1.807) is 36.3 Å². The van der Waals surface area contributed by atoms with Gasteiger partial charge < -0.3 is 20.3 Å². The molecule has 2 heterocycles. The second-order valence-electron chi connectivity index (χ2n) is 11.1. The van der Waals surface area contributed by atoms with Gasteiger partial charge in [-0.15, -0.1) is 0 Å². The van der Waals surface area contributed by atoms with E-state index >= 15 is 0 Å². The highest BCUT2D eigenvalue weighted by atomic mass is 35.5. The number of hydrogen-bond donors (Lipinski definition) is 2. The molecule has 3 aromatic rings. The Morgan fingerprint density at radius 3 is 2.62 bits per heavy atom. The molecule has 1 unspecified atom stereocenters. The number of aromatic nitrogens is 3. The van der Waals surface area contributed by atoms with Gasteiger partial charge in [-0.05, 0) is 71.6 Å². The first-order chi connectivity index (χ1) is 18.2. The molecule has 4 rings (SSSR count). The van der Waals surface area contributed by atoms with Crippen LogP contribution < -0.4 is 10.5 Å². The Morgan fingerprint density at radius 1 is 1.26 bits per heavy atom. The number of nitrogens with two attached hydrogens (primary N) is 1. The number of anilines is 1. The number of nitrogens with zero attached hydrogens (tertiary/aromatic N) is 3. The average Bonchev–Trinajstić information content (AvgIpc) is 3.30. The molecule has 1 saturated carbocycles. The van der Waals surface area contributed by atoms with Gasteiger partial charge >= 0.3 is 5.97 Å². The normalized spacial score (nSPS) is 20.5. The number of halogens is 3. The van der Waals surface area contributed by atoms with Crippen LogP contribution in [0.25, 0.3) is 11.1 Å². The number of benzene rings is 1. The molecule has 210 valence electrons. The lowest BCUT2D eigenvalue weighted by molar-refractivity contribution is -0.163. The summed E-state index contributed by atoms with van der Waals surface area (Å²) in [6, 6.07) is 4.32. The van der Waals surface area contributed by atoms with E-state index in [-0.39, 0.29) is 40.0 Å². The van der Waals surface area contributed by atoms with Crippen LogP contribution in [0.5, 0.6) is 5.75 Å². The number of esters is 1. The molecule has 0 saturated heterocycles. The van der Waals surface area contributed by atoms with Gasteiger partial charge in [-0.25, -0.2) is 9.37 Å². The fourth-order valence-corrected chi connectivity index (χ4v) is 5.38. The zero-order chi connectivity index (χ0) is 28.5. The van der Waals surface area contributed by atoms with Crippen LogP contribution in [0.4, 0.5) is 10.2 Å². The van der Waals surface area contributed by atoms with E-state index in [4.69, 9.17) is 38.4 Å². The van der Waals surface area contributed by atoms with Gasteiger partial charge in [-0.2, -0.15) is 5.10 Å². The number of nitrogen functional groups attached to an aromatic ring is 1. The molecule has 1 aliphatic rings. The lowest BCUT2D eigenvalue weighted by atomic mass is 9.78. The second-order valence-corrected chi connectivity index (χ2v) is 11.9. The van der Waals surface area contributed by atoms with Crippen molar-refractivity contribution in [1.82, 2.24) is 14.8 Å². The van der Waals surface area contributed by atoms with Gasteiger partial charge in [-0.1, -0.05) is 23.2 Å². The highest BCUT2D eigenvalue weighted by Gasteiger charge is 2.38. The fourth-order valence-electron chi connectivity index (χ4n) is 4.71. The Kier molecular flexibility index (Phi) is 8.44. The van der Waals surface area contributed by atoms with E-state index in [1.807, 2.05) is 20.8 Å². The quantitative estimate of drug-likeness (QED) is 0.247. The van der Waals surface area contributed by atoms with Gasteiger partial charge in [0.05, 0.1) is 29.3 Å². The van der Waals surface area contributed by atoms with Gasteiger partial charge in [0.1, 0.15) is 17.5 Å². The van der Waals surface area contributed by atoms with E-state index in [0.29, 0.717) is 36.8 Å². The van der Waals surface area contributed by atoms with Gasteiger partial charge in [0.2, 0.25) is 0 Å². The lowest BCUT2D eigenvalue weighted by Crippen LogP contribution is -2.41. The molecule has 1 atom stereocenters. The van der Waals surface area contributed by atoms with Crippen LogP contribution in [-0.2, 0) is 16.1 Å². The zero-order valence-electron chi connectivity index (χ0n) is 22.4.